The number of nitrogens with zero attached hydrogens (tertiary/aromatic N) is 2. The summed E-state index contributed by atoms with van der Waals surface area (Å²) in [5.74, 6) is -0.722. The van der Waals surface area contributed by atoms with Crippen LogP contribution in [0.3, 0.4) is 0 Å². The Labute approximate surface area is 145 Å². The molecule has 1 aromatic carbocycles. The lowest BCUT2D eigenvalue weighted by atomic mass is 9.83. The molecule has 1 aromatic heterocycles. The Morgan fingerprint density at radius 3 is 2.76 bits per heavy atom. The fraction of sp³-hybridized carbons (Fsp3) is 0.421. The number of hydrogen-bond acceptors (Lipinski definition) is 4. The highest BCUT2D eigenvalue weighted by Crippen LogP contribution is 2.28. The third-order valence-electron chi connectivity index (χ3n) is 4.94. The van der Waals surface area contributed by atoms with E-state index in [-0.39, 0.29) is 23.1 Å². The van der Waals surface area contributed by atoms with Gasteiger partial charge in [-0.25, -0.2) is 4.39 Å². The monoisotopic (exact) mass is 343 g/mol. The van der Waals surface area contributed by atoms with Crippen LogP contribution in [0.4, 0.5) is 4.39 Å². The van der Waals surface area contributed by atoms with Gasteiger partial charge < -0.3 is 4.98 Å². The standard InChI is InChI=1S/C19H22FN3O2/c1-13(15-4-2-3-5-16(15)20)18(24)14-6-10-23(11-7-14)12-17-19(25)22-9-8-21-17/h2-5,8-9,13-14H,6-7,10-12H2,1H3,(H,22,25). The van der Waals surface area contributed by atoms with Crippen molar-refractivity contribution >= 4 is 5.78 Å². The topological polar surface area (TPSA) is 66.1 Å². The Morgan fingerprint density at radius 1 is 1.36 bits per heavy atom. The van der Waals surface area contributed by atoms with Gasteiger partial charge in [-0.2, -0.15) is 0 Å². The molecule has 1 aliphatic rings. The van der Waals surface area contributed by atoms with Gasteiger partial charge in [0.2, 0.25) is 0 Å². The fourth-order valence-electron chi connectivity index (χ4n) is 3.42. The number of halogens is 1. The number of aromatic amines is 1. The van der Waals surface area contributed by atoms with Gasteiger partial charge in [-0.15, -0.1) is 0 Å². The zero-order valence-corrected chi connectivity index (χ0v) is 14.2. The number of carbonyl (C=O) groups is 1. The molecule has 132 valence electrons. The molecule has 25 heavy (non-hydrogen) atoms. The lowest BCUT2D eigenvalue weighted by Crippen LogP contribution is -2.38. The number of hydrogen-bond donors (Lipinski definition) is 1. The third-order valence-corrected chi connectivity index (χ3v) is 4.94. The molecule has 0 radical (unpaired) electrons. The normalized spacial score (nSPS) is 17.4. The average Bonchev–Trinajstić information content (AvgIpc) is 2.63. The van der Waals surface area contributed by atoms with E-state index in [1.165, 1.54) is 12.3 Å². The molecule has 0 amide bonds. The highest BCUT2D eigenvalue weighted by molar-refractivity contribution is 5.87. The van der Waals surface area contributed by atoms with Gasteiger partial charge in [-0.05, 0) is 37.6 Å². The molecule has 1 aliphatic heterocycles. The van der Waals surface area contributed by atoms with Crippen molar-refractivity contribution in [3.8, 4) is 0 Å². The van der Waals surface area contributed by atoms with Gasteiger partial charge in [0.05, 0.1) is 0 Å². The molecule has 0 saturated carbocycles. The van der Waals surface area contributed by atoms with Gasteiger partial charge in [-0.3, -0.25) is 19.5 Å². The SMILES string of the molecule is CC(C(=O)C1CCN(Cc2ncc[nH]c2=O)CC1)c1ccccc1F. The highest BCUT2D eigenvalue weighted by Gasteiger charge is 2.30. The van der Waals surface area contributed by atoms with Crippen LogP contribution in [0.1, 0.15) is 36.9 Å². The number of likely N-dealkylation sites (tertiary alicyclic amines) is 1. The largest absolute Gasteiger partial charge is 0.326 e. The van der Waals surface area contributed by atoms with E-state index in [1.807, 2.05) is 0 Å². The molecule has 1 N–H and O–H groups in total. The predicted molar refractivity (Wildman–Crippen MR) is 92.7 cm³/mol. The number of nitrogens with one attached hydrogen (secondary N) is 1. The van der Waals surface area contributed by atoms with E-state index in [9.17, 15) is 14.0 Å². The first-order chi connectivity index (χ1) is 12.1. The summed E-state index contributed by atoms with van der Waals surface area (Å²) in [5.41, 5.74) is 0.788. The van der Waals surface area contributed by atoms with Crippen molar-refractivity contribution in [2.24, 2.45) is 5.92 Å². The minimum Gasteiger partial charge on any atom is -0.326 e. The van der Waals surface area contributed by atoms with Crippen molar-refractivity contribution in [1.82, 2.24) is 14.9 Å². The van der Waals surface area contributed by atoms with E-state index < -0.39 is 5.92 Å². The quantitative estimate of drug-likeness (QED) is 0.906. The zero-order valence-electron chi connectivity index (χ0n) is 14.2. The maximum atomic E-state index is 13.9. The van der Waals surface area contributed by atoms with Crippen molar-refractivity contribution in [2.45, 2.75) is 32.2 Å². The molecule has 2 heterocycles. The summed E-state index contributed by atoms with van der Waals surface area (Å²) in [4.78, 5) is 33.3. The lowest BCUT2D eigenvalue weighted by Gasteiger charge is -2.32. The second-order valence-electron chi connectivity index (χ2n) is 6.56. The van der Waals surface area contributed by atoms with Gasteiger partial charge in [0.15, 0.2) is 0 Å². The Morgan fingerprint density at radius 2 is 2.08 bits per heavy atom. The van der Waals surface area contributed by atoms with E-state index in [4.69, 9.17) is 0 Å². The second-order valence-corrected chi connectivity index (χ2v) is 6.56. The number of carbonyl (C=O) groups excluding carboxylic acids is 1. The molecule has 0 aliphatic carbocycles. The van der Waals surface area contributed by atoms with Crippen LogP contribution in [-0.2, 0) is 11.3 Å². The van der Waals surface area contributed by atoms with Crippen LogP contribution in [-0.4, -0.2) is 33.7 Å². The predicted octanol–water partition coefficient (Wildman–Crippen LogP) is 2.49. The Balaban J connectivity index is 1.58. The van der Waals surface area contributed by atoms with E-state index in [0.29, 0.717) is 17.8 Å². The summed E-state index contributed by atoms with van der Waals surface area (Å²) < 4.78 is 13.9. The van der Waals surface area contributed by atoms with E-state index >= 15 is 0 Å². The summed E-state index contributed by atoms with van der Waals surface area (Å²) in [6.45, 7) is 3.73. The maximum absolute atomic E-state index is 13.9. The zero-order chi connectivity index (χ0) is 17.8. The first kappa shape index (κ1) is 17.5. The van der Waals surface area contributed by atoms with Crippen molar-refractivity contribution in [3.63, 3.8) is 0 Å². The number of benzene rings is 1. The Hall–Kier alpha value is -2.34. The molecular weight excluding hydrogens is 321 g/mol. The number of aromatic nitrogens is 2. The van der Waals surface area contributed by atoms with Crippen LogP contribution in [0.2, 0.25) is 0 Å². The summed E-state index contributed by atoms with van der Waals surface area (Å²) in [6, 6.07) is 6.47. The number of rotatable bonds is 5. The summed E-state index contributed by atoms with van der Waals surface area (Å²) in [7, 11) is 0. The third kappa shape index (κ3) is 4.02. The molecule has 5 nitrogen and oxygen atoms in total. The van der Waals surface area contributed by atoms with Crippen LogP contribution in [0.5, 0.6) is 0 Å². The number of ketones is 1. The van der Waals surface area contributed by atoms with E-state index in [0.717, 1.165) is 25.9 Å². The fourth-order valence-corrected chi connectivity index (χ4v) is 3.42. The van der Waals surface area contributed by atoms with E-state index in [2.05, 4.69) is 14.9 Å². The molecule has 1 fully saturated rings. The first-order valence-corrected chi connectivity index (χ1v) is 8.59. The van der Waals surface area contributed by atoms with Crippen LogP contribution in [0.25, 0.3) is 0 Å². The molecule has 1 unspecified atom stereocenters. The molecule has 3 rings (SSSR count). The molecule has 0 bridgehead atoms. The minimum atomic E-state index is -0.434. The Bertz CT molecular complexity index is 797. The van der Waals surface area contributed by atoms with Gasteiger partial charge in [-0.1, -0.05) is 25.1 Å². The summed E-state index contributed by atoms with van der Waals surface area (Å²) in [6.07, 6.45) is 4.54. The lowest BCUT2D eigenvalue weighted by molar-refractivity contribution is -0.125. The van der Waals surface area contributed by atoms with Crippen LogP contribution >= 0.6 is 0 Å². The minimum absolute atomic E-state index is 0.0622. The maximum Gasteiger partial charge on any atom is 0.270 e. The smallest absolute Gasteiger partial charge is 0.270 e. The second kappa shape index (κ2) is 7.70. The number of H-pyrrole nitrogens is 1. The molecule has 1 atom stereocenters. The van der Waals surface area contributed by atoms with Gasteiger partial charge in [0, 0.05) is 30.8 Å². The van der Waals surface area contributed by atoms with Crippen LogP contribution in [0, 0.1) is 11.7 Å². The molecule has 1 saturated heterocycles. The highest BCUT2D eigenvalue weighted by atomic mass is 19.1. The Kier molecular flexibility index (Phi) is 5.38. The molecule has 2 aromatic rings. The van der Waals surface area contributed by atoms with Gasteiger partial charge >= 0.3 is 0 Å². The van der Waals surface area contributed by atoms with Crippen LogP contribution in [0.15, 0.2) is 41.5 Å². The number of piperidine rings is 1. The summed E-state index contributed by atoms with van der Waals surface area (Å²) >= 11 is 0. The number of Topliss-reactive ketones (excluding diaryl/α,β-unsaturated/α-hetero) is 1. The molecule has 0 spiro atoms. The van der Waals surface area contributed by atoms with Crippen molar-refractivity contribution in [1.29, 1.82) is 0 Å². The van der Waals surface area contributed by atoms with Gasteiger partial charge in [0.1, 0.15) is 17.3 Å². The van der Waals surface area contributed by atoms with E-state index in [1.54, 1.807) is 31.3 Å². The van der Waals surface area contributed by atoms with Crippen LogP contribution < -0.4 is 5.56 Å². The molecular formula is C19H22FN3O2. The average molecular weight is 343 g/mol. The summed E-state index contributed by atoms with van der Waals surface area (Å²) in [5, 5.41) is 0. The van der Waals surface area contributed by atoms with Crippen molar-refractivity contribution < 1.29 is 9.18 Å². The first-order valence-electron chi connectivity index (χ1n) is 8.59. The van der Waals surface area contributed by atoms with Gasteiger partial charge in [0.25, 0.3) is 5.56 Å². The van der Waals surface area contributed by atoms with Crippen molar-refractivity contribution in [2.75, 3.05) is 13.1 Å². The molecule has 6 heteroatoms. The van der Waals surface area contributed by atoms with Crippen molar-refractivity contribution in [3.05, 3.63) is 64.1 Å².